The quantitative estimate of drug-likeness (QED) is 0.789. The molecule has 2 rings (SSSR count). The lowest BCUT2D eigenvalue weighted by Crippen LogP contribution is -2.41. The average Bonchev–Trinajstić information content (AvgIpc) is 2.50. The number of halogens is 3. The van der Waals surface area contributed by atoms with Gasteiger partial charge in [0, 0.05) is 11.2 Å². The van der Waals surface area contributed by atoms with Crippen LogP contribution in [0, 0.1) is 11.6 Å². The van der Waals surface area contributed by atoms with Crippen LogP contribution in [0.5, 0.6) is 5.75 Å². The van der Waals surface area contributed by atoms with Gasteiger partial charge in [0.05, 0.1) is 7.11 Å². The van der Waals surface area contributed by atoms with Crippen molar-refractivity contribution < 1.29 is 18.3 Å². The summed E-state index contributed by atoms with van der Waals surface area (Å²) in [4.78, 5) is 16.6. The zero-order valence-electron chi connectivity index (χ0n) is 14.2. The van der Waals surface area contributed by atoms with E-state index in [1.807, 2.05) is 20.8 Å². The van der Waals surface area contributed by atoms with Crippen molar-refractivity contribution in [1.29, 1.82) is 0 Å². The van der Waals surface area contributed by atoms with Crippen molar-refractivity contribution in [2.24, 2.45) is 0 Å². The van der Waals surface area contributed by atoms with E-state index in [9.17, 15) is 13.6 Å². The standard InChI is InChI=1S/C17H18ClF2N3O2/c1-17(2,3)23-16(24)15-12(25-4)5-6-13(22-15)21-9-7-10(19)14(18)11(20)8-9/h5-8H,1-4H3,(H,21,22)(H,23,24). The number of amides is 1. The monoisotopic (exact) mass is 369 g/mol. The van der Waals surface area contributed by atoms with Gasteiger partial charge in [0.1, 0.15) is 28.2 Å². The van der Waals surface area contributed by atoms with Crippen LogP contribution in [-0.4, -0.2) is 23.5 Å². The molecule has 1 heterocycles. The molecule has 0 saturated heterocycles. The van der Waals surface area contributed by atoms with Crippen LogP contribution in [-0.2, 0) is 0 Å². The second-order valence-electron chi connectivity index (χ2n) is 6.33. The van der Waals surface area contributed by atoms with E-state index < -0.39 is 28.1 Å². The highest BCUT2D eigenvalue weighted by atomic mass is 35.5. The number of nitrogens with one attached hydrogen (secondary N) is 2. The van der Waals surface area contributed by atoms with E-state index in [1.165, 1.54) is 19.2 Å². The minimum Gasteiger partial charge on any atom is -0.494 e. The second-order valence-corrected chi connectivity index (χ2v) is 6.71. The molecular formula is C17H18ClF2N3O2. The molecule has 25 heavy (non-hydrogen) atoms. The lowest BCUT2D eigenvalue weighted by Gasteiger charge is -2.21. The molecule has 0 unspecified atom stereocenters. The summed E-state index contributed by atoms with van der Waals surface area (Å²) in [7, 11) is 1.42. The van der Waals surface area contributed by atoms with E-state index in [2.05, 4.69) is 15.6 Å². The van der Waals surface area contributed by atoms with Crippen molar-refractivity contribution >= 4 is 29.0 Å². The number of nitrogens with zero attached hydrogens (tertiary/aromatic N) is 1. The van der Waals surface area contributed by atoms with Crippen molar-refractivity contribution in [3.05, 3.63) is 46.6 Å². The molecule has 1 amide bonds. The molecule has 0 saturated carbocycles. The number of ether oxygens (including phenoxy) is 1. The third-order valence-corrected chi connectivity index (χ3v) is 3.40. The van der Waals surface area contributed by atoms with E-state index in [4.69, 9.17) is 16.3 Å². The van der Waals surface area contributed by atoms with Crippen LogP contribution in [0.2, 0.25) is 5.02 Å². The summed E-state index contributed by atoms with van der Waals surface area (Å²) >= 11 is 5.46. The normalized spacial score (nSPS) is 11.2. The van der Waals surface area contributed by atoms with E-state index in [0.717, 1.165) is 12.1 Å². The van der Waals surface area contributed by atoms with Gasteiger partial charge < -0.3 is 15.4 Å². The molecule has 134 valence electrons. The van der Waals surface area contributed by atoms with Gasteiger partial charge in [0.25, 0.3) is 5.91 Å². The molecule has 0 fully saturated rings. The van der Waals surface area contributed by atoms with Crippen LogP contribution in [0.3, 0.4) is 0 Å². The minimum atomic E-state index is -0.900. The van der Waals surface area contributed by atoms with Gasteiger partial charge in [-0.15, -0.1) is 0 Å². The predicted molar refractivity (Wildman–Crippen MR) is 92.7 cm³/mol. The Morgan fingerprint density at radius 3 is 2.32 bits per heavy atom. The van der Waals surface area contributed by atoms with Gasteiger partial charge in [-0.25, -0.2) is 13.8 Å². The summed E-state index contributed by atoms with van der Waals surface area (Å²) in [6, 6.07) is 5.13. The fourth-order valence-corrected chi connectivity index (χ4v) is 2.13. The number of benzene rings is 1. The maximum absolute atomic E-state index is 13.5. The molecule has 1 aromatic carbocycles. The number of methoxy groups -OCH3 is 1. The molecule has 0 atom stereocenters. The Kier molecular flexibility index (Phi) is 5.47. The average molecular weight is 370 g/mol. The number of pyridine rings is 1. The number of carbonyl (C=O) groups excluding carboxylic acids is 1. The number of aromatic nitrogens is 1. The van der Waals surface area contributed by atoms with Crippen LogP contribution in [0.15, 0.2) is 24.3 Å². The zero-order valence-corrected chi connectivity index (χ0v) is 15.0. The number of hydrogen-bond acceptors (Lipinski definition) is 4. The number of rotatable bonds is 4. The molecule has 0 radical (unpaired) electrons. The van der Waals surface area contributed by atoms with Crippen molar-refractivity contribution in [2.75, 3.05) is 12.4 Å². The Hall–Kier alpha value is -2.41. The van der Waals surface area contributed by atoms with Crippen LogP contribution in [0.4, 0.5) is 20.3 Å². The summed E-state index contributed by atoms with van der Waals surface area (Å²) in [5.74, 6) is -1.73. The first-order chi connectivity index (χ1) is 11.6. The smallest absolute Gasteiger partial charge is 0.274 e. The van der Waals surface area contributed by atoms with Crippen LogP contribution in [0.25, 0.3) is 0 Å². The minimum absolute atomic E-state index is 0.0531. The largest absolute Gasteiger partial charge is 0.494 e. The van der Waals surface area contributed by atoms with Gasteiger partial charge in [-0.3, -0.25) is 4.79 Å². The number of hydrogen-bond donors (Lipinski definition) is 2. The Balaban J connectivity index is 2.34. The third kappa shape index (κ3) is 4.79. The molecule has 1 aromatic heterocycles. The maximum atomic E-state index is 13.5. The molecule has 2 aromatic rings. The van der Waals surface area contributed by atoms with Gasteiger partial charge in [-0.2, -0.15) is 0 Å². The van der Waals surface area contributed by atoms with E-state index in [0.29, 0.717) is 0 Å². The Morgan fingerprint density at radius 1 is 1.20 bits per heavy atom. The van der Waals surface area contributed by atoms with Crippen LogP contribution >= 0.6 is 11.6 Å². The molecule has 0 aliphatic heterocycles. The van der Waals surface area contributed by atoms with E-state index >= 15 is 0 Å². The highest BCUT2D eigenvalue weighted by Crippen LogP contribution is 2.26. The number of carbonyl (C=O) groups is 1. The van der Waals surface area contributed by atoms with Crippen molar-refractivity contribution in [3.63, 3.8) is 0 Å². The zero-order chi connectivity index (χ0) is 18.8. The molecule has 8 heteroatoms. The summed E-state index contributed by atoms with van der Waals surface area (Å²) in [6.45, 7) is 5.50. The van der Waals surface area contributed by atoms with Gasteiger partial charge >= 0.3 is 0 Å². The highest BCUT2D eigenvalue weighted by Gasteiger charge is 2.20. The van der Waals surface area contributed by atoms with Crippen LogP contribution < -0.4 is 15.4 Å². The number of anilines is 2. The topological polar surface area (TPSA) is 63.2 Å². The molecule has 0 spiro atoms. The highest BCUT2D eigenvalue weighted by molar-refractivity contribution is 6.31. The van der Waals surface area contributed by atoms with Crippen molar-refractivity contribution in [3.8, 4) is 5.75 Å². The van der Waals surface area contributed by atoms with Gasteiger partial charge in [0.15, 0.2) is 5.69 Å². The first-order valence-electron chi connectivity index (χ1n) is 7.40. The predicted octanol–water partition coefficient (Wildman–Crippen LogP) is 4.29. The Morgan fingerprint density at radius 2 is 1.80 bits per heavy atom. The van der Waals surface area contributed by atoms with Gasteiger partial charge in [-0.1, -0.05) is 11.6 Å². The first-order valence-corrected chi connectivity index (χ1v) is 7.77. The lowest BCUT2D eigenvalue weighted by atomic mass is 10.1. The van der Waals surface area contributed by atoms with Gasteiger partial charge in [-0.05, 0) is 45.0 Å². The molecule has 2 N–H and O–H groups in total. The van der Waals surface area contributed by atoms with E-state index in [-0.39, 0.29) is 22.9 Å². The van der Waals surface area contributed by atoms with Crippen molar-refractivity contribution in [1.82, 2.24) is 10.3 Å². The van der Waals surface area contributed by atoms with Crippen molar-refractivity contribution in [2.45, 2.75) is 26.3 Å². The summed E-state index contributed by atoms with van der Waals surface area (Å²) < 4.78 is 32.2. The fraction of sp³-hybridized carbons (Fsp3) is 0.294. The SMILES string of the molecule is COc1ccc(Nc2cc(F)c(Cl)c(F)c2)nc1C(=O)NC(C)(C)C. The van der Waals surface area contributed by atoms with E-state index in [1.54, 1.807) is 0 Å². The first kappa shape index (κ1) is 18.9. The molecule has 5 nitrogen and oxygen atoms in total. The molecule has 0 aliphatic rings. The maximum Gasteiger partial charge on any atom is 0.274 e. The molecule has 0 bridgehead atoms. The Bertz CT molecular complexity index is 784. The summed E-state index contributed by atoms with van der Waals surface area (Å²) in [5, 5.41) is 4.93. The Labute approximate surface area is 149 Å². The summed E-state index contributed by atoms with van der Waals surface area (Å²) in [6.07, 6.45) is 0. The fourth-order valence-electron chi connectivity index (χ4n) is 2.02. The summed E-state index contributed by atoms with van der Waals surface area (Å²) in [5.41, 5.74) is -0.299. The third-order valence-electron chi connectivity index (χ3n) is 3.04. The second kappa shape index (κ2) is 7.23. The molecule has 0 aliphatic carbocycles. The lowest BCUT2D eigenvalue weighted by molar-refractivity contribution is 0.0911. The molecular weight excluding hydrogens is 352 g/mol. The van der Waals surface area contributed by atoms with Gasteiger partial charge in [0.2, 0.25) is 0 Å². The van der Waals surface area contributed by atoms with Crippen LogP contribution in [0.1, 0.15) is 31.3 Å².